The molecule has 0 saturated carbocycles. The Bertz CT molecular complexity index is 589. The van der Waals surface area contributed by atoms with Crippen LogP contribution in [-0.2, 0) is 11.2 Å². The van der Waals surface area contributed by atoms with Crippen molar-refractivity contribution in [1.29, 1.82) is 0 Å². The maximum atomic E-state index is 12.4. The molecule has 0 fully saturated rings. The summed E-state index contributed by atoms with van der Waals surface area (Å²) in [6, 6.07) is 0. The lowest BCUT2D eigenvalue weighted by atomic mass is 10.0. The molecule has 1 rings (SSSR count). The number of hydrogen-bond donors (Lipinski definition) is 2. The van der Waals surface area contributed by atoms with E-state index in [1.54, 1.807) is 18.4 Å². The van der Waals surface area contributed by atoms with Crippen molar-refractivity contribution in [3.8, 4) is 0 Å². The fourth-order valence-electron chi connectivity index (χ4n) is 1.61. The third kappa shape index (κ3) is 5.43. The Labute approximate surface area is 138 Å². The molecule has 0 radical (unpaired) electrons. The van der Waals surface area contributed by atoms with Gasteiger partial charge in [0.2, 0.25) is 5.28 Å². The summed E-state index contributed by atoms with van der Waals surface area (Å²) in [6.45, 7) is 7.36. The molecule has 0 aliphatic heterocycles. The van der Waals surface area contributed by atoms with Gasteiger partial charge in [-0.15, -0.1) is 0 Å². The minimum absolute atomic E-state index is 0.262. The van der Waals surface area contributed by atoms with E-state index in [9.17, 15) is 22.8 Å². The SMILES string of the molecule is CC(C)(CCc1cnc(Cl)nc1NC(=O)C(F)(F)F)[Si](C)(C)O. The second kappa shape index (κ2) is 6.74. The summed E-state index contributed by atoms with van der Waals surface area (Å²) in [4.78, 5) is 28.7. The van der Waals surface area contributed by atoms with Crippen molar-refractivity contribution in [2.75, 3.05) is 5.32 Å². The Kier molecular flexibility index (Phi) is 5.82. The van der Waals surface area contributed by atoms with Crippen molar-refractivity contribution in [1.82, 2.24) is 9.97 Å². The number of carbonyl (C=O) groups excluding carboxylic acids is 1. The highest BCUT2D eigenvalue weighted by Gasteiger charge is 2.40. The number of amides is 1. The molecule has 1 aromatic rings. The predicted molar refractivity (Wildman–Crippen MR) is 83.8 cm³/mol. The zero-order chi connectivity index (χ0) is 18.1. The molecule has 0 spiro atoms. The van der Waals surface area contributed by atoms with Gasteiger partial charge in [-0.25, -0.2) is 9.97 Å². The molecule has 0 saturated heterocycles. The van der Waals surface area contributed by atoms with E-state index in [0.29, 0.717) is 18.4 Å². The quantitative estimate of drug-likeness (QED) is 0.615. The van der Waals surface area contributed by atoms with Crippen molar-refractivity contribution < 1.29 is 22.8 Å². The predicted octanol–water partition coefficient (Wildman–Crippen LogP) is 3.54. The van der Waals surface area contributed by atoms with Crippen LogP contribution in [0.2, 0.25) is 23.4 Å². The molecule has 1 amide bonds. The van der Waals surface area contributed by atoms with Crippen LogP contribution in [0.15, 0.2) is 6.20 Å². The van der Waals surface area contributed by atoms with E-state index in [1.165, 1.54) is 6.20 Å². The minimum atomic E-state index is -5.02. The van der Waals surface area contributed by atoms with E-state index in [-0.39, 0.29) is 16.1 Å². The van der Waals surface area contributed by atoms with E-state index in [2.05, 4.69) is 9.97 Å². The number of nitrogens with zero attached hydrogens (tertiary/aromatic N) is 2. The molecule has 2 N–H and O–H groups in total. The van der Waals surface area contributed by atoms with Gasteiger partial charge >= 0.3 is 12.1 Å². The molecule has 23 heavy (non-hydrogen) atoms. The number of alkyl halides is 3. The summed E-state index contributed by atoms with van der Waals surface area (Å²) in [5, 5.41) is 1.08. The standard InChI is InChI=1S/C13H19ClF3N3O2Si/c1-12(2,23(3,4)22)6-5-8-7-18-11(14)20-9(8)19-10(21)13(15,16)17/h7,22H,5-6H2,1-4H3,(H,18,19,20,21). The Morgan fingerprint density at radius 3 is 2.43 bits per heavy atom. The first kappa shape index (κ1) is 19.9. The van der Waals surface area contributed by atoms with Gasteiger partial charge in [0.1, 0.15) is 5.82 Å². The zero-order valence-electron chi connectivity index (χ0n) is 13.3. The van der Waals surface area contributed by atoms with Gasteiger partial charge in [-0.1, -0.05) is 13.8 Å². The Hall–Kier alpha value is -1.19. The highest BCUT2D eigenvalue weighted by Crippen LogP contribution is 2.40. The molecule has 0 bridgehead atoms. The van der Waals surface area contributed by atoms with Crippen LogP contribution in [0.25, 0.3) is 0 Å². The maximum Gasteiger partial charge on any atom is 0.471 e. The fraction of sp³-hybridized carbons (Fsp3) is 0.615. The third-order valence-corrected chi connectivity index (χ3v) is 7.74. The van der Waals surface area contributed by atoms with Crippen LogP contribution >= 0.6 is 11.6 Å². The first-order valence-electron chi connectivity index (χ1n) is 6.86. The van der Waals surface area contributed by atoms with Gasteiger partial charge in [-0.05, 0) is 42.6 Å². The molecule has 0 aliphatic carbocycles. The lowest BCUT2D eigenvalue weighted by molar-refractivity contribution is -0.167. The van der Waals surface area contributed by atoms with E-state index in [1.807, 2.05) is 13.8 Å². The van der Waals surface area contributed by atoms with Gasteiger partial charge in [0, 0.05) is 11.8 Å². The minimum Gasteiger partial charge on any atom is -0.432 e. The zero-order valence-corrected chi connectivity index (χ0v) is 15.0. The van der Waals surface area contributed by atoms with Crippen LogP contribution in [0.1, 0.15) is 25.8 Å². The van der Waals surface area contributed by atoms with Crippen LogP contribution in [-0.4, -0.2) is 35.2 Å². The lowest BCUT2D eigenvalue weighted by Crippen LogP contribution is -2.39. The summed E-state index contributed by atoms with van der Waals surface area (Å²) in [7, 11) is -2.46. The van der Waals surface area contributed by atoms with E-state index < -0.39 is 20.4 Å². The molecule has 1 heterocycles. The molecule has 10 heteroatoms. The average molecular weight is 370 g/mol. The molecular weight excluding hydrogens is 351 g/mol. The second-order valence-electron chi connectivity index (χ2n) is 6.41. The molecule has 1 aromatic heterocycles. The largest absolute Gasteiger partial charge is 0.471 e. The monoisotopic (exact) mass is 369 g/mol. The Morgan fingerprint density at radius 2 is 1.96 bits per heavy atom. The van der Waals surface area contributed by atoms with E-state index in [4.69, 9.17) is 11.6 Å². The number of aromatic nitrogens is 2. The topological polar surface area (TPSA) is 75.1 Å². The van der Waals surface area contributed by atoms with Crippen molar-refractivity contribution in [3.05, 3.63) is 17.0 Å². The third-order valence-electron chi connectivity index (χ3n) is 4.00. The molecule has 130 valence electrons. The van der Waals surface area contributed by atoms with Gasteiger partial charge < -0.3 is 10.1 Å². The smallest absolute Gasteiger partial charge is 0.432 e. The maximum absolute atomic E-state index is 12.4. The first-order valence-corrected chi connectivity index (χ1v) is 10.2. The highest BCUT2D eigenvalue weighted by atomic mass is 35.5. The normalized spacial score (nSPS) is 13.1. The number of hydrogen-bond acceptors (Lipinski definition) is 4. The number of nitrogens with one attached hydrogen (secondary N) is 1. The average Bonchev–Trinajstić information content (AvgIpc) is 2.35. The number of rotatable bonds is 5. The van der Waals surface area contributed by atoms with Crippen molar-refractivity contribution in [2.24, 2.45) is 0 Å². The number of anilines is 1. The lowest BCUT2D eigenvalue weighted by Gasteiger charge is -2.35. The van der Waals surface area contributed by atoms with Gasteiger partial charge in [-0.3, -0.25) is 4.79 Å². The summed E-state index contributed by atoms with van der Waals surface area (Å²) in [5.41, 5.74) is 0.332. The van der Waals surface area contributed by atoms with Crippen LogP contribution in [0.5, 0.6) is 0 Å². The molecule has 5 nitrogen and oxygen atoms in total. The van der Waals surface area contributed by atoms with Crippen LogP contribution in [0.4, 0.5) is 19.0 Å². The molecule has 0 aromatic carbocycles. The van der Waals surface area contributed by atoms with Crippen molar-refractivity contribution in [3.63, 3.8) is 0 Å². The van der Waals surface area contributed by atoms with Crippen LogP contribution < -0.4 is 5.32 Å². The van der Waals surface area contributed by atoms with E-state index >= 15 is 0 Å². The summed E-state index contributed by atoms with van der Waals surface area (Å²) < 4.78 is 37.1. The van der Waals surface area contributed by atoms with Crippen molar-refractivity contribution in [2.45, 2.75) is 51.0 Å². The Morgan fingerprint density at radius 1 is 1.39 bits per heavy atom. The Balaban J connectivity index is 2.98. The van der Waals surface area contributed by atoms with Crippen LogP contribution in [0.3, 0.4) is 0 Å². The molecular formula is C13H19ClF3N3O2Si. The molecule has 0 atom stereocenters. The summed E-state index contributed by atoms with van der Waals surface area (Å²) >= 11 is 5.59. The van der Waals surface area contributed by atoms with Gasteiger partial charge in [0.15, 0.2) is 8.32 Å². The van der Waals surface area contributed by atoms with Gasteiger partial charge in [0.05, 0.1) is 0 Å². The summed E-state index contributed by atoms with van der Waals surface area (Å²) in [5.74, 6) is -2.38. The van der Waals surface area contributed by atoms with E-state index in [0.717, 1.165) is 0 Å². The fourth-order valence-corrected chi connectivity index (χ4v) is 2.48. The van der Waals surface area contributed by atoms with Gasteiger partial charge in [0.25, 0.3) is 0 Å². The summed E-state index contributed by atoms with van der Waals surface area (Å²) in [6.07, 6.45) is -2.94. The highest BCUT2D eigenvalue weighted by molar-refractivity contribution is 6.72. The second-order valence-corrected chi connectivity index (χ2v) is 11.2. The van der Waals surface area contributed by atoms with Crippen molar-refractivity contribution >= 4 is 31.6 Å². The van der Waals surface area contributed by atoms with Crippen LogP contribution in [0, 0.1) is 0 Å². The first-order chi connectivity index (χ1) is 10.2. The number of aryl methyl sites for hydroxylation is 1. The number of carbonyl (C=O) groups is 1. The molecule has 0 unspecified atom stereocenters. The molecule has 0 aliphatic rings. The number of halogens is 4. The van der Waals surface area contributed by atoms with Gasteiger partial charge in [-0.2, -0.15) is 13.2 Å².